The number of anilines is 4. The molecule has 5 heteroatoms. The number of rotatable bonds is 7. The van der Waals surface area contributed by atoms with Crippen molar-refractivity contribution in [1.82, 2.24) is 9.97 Å². The highest BCUT2D eigenvalue weighted by atomic mass is 16.5. The summed E-state index contributed by atoms with van der Waals surface area (Å²) in [5.41, 5.74) is 2.07. The van der Waals surface area contributed by atoms with Gasteiger partial charge in [0.05, 0.1) is 6.61 Å². The SMILES string of the molecule is CCOc1ccc(Nc2cc(N(CC)c3ccccc3)nc(C)n2)cc1. The maximum atomic E-state index is 5.48. The number of aryl methyl sites for hydroxylation is 1. The Kier molecular flexibility index (Phi) is 5.69. The summed E-state index contributed by atoms with van der Waals surface area (Å²) in [6.45, 7) is 7.48. The molecule has 26 heavy (non-hydrogen) atoms. The maximum absolute atomic E-state index is 5.48. The first kappa shape index (κ1) is 17.7. The molecule has 1 heterocycles. The van der Waals surface area contributed by atoms with Gasteiger partial charge in [-0.15, -0.1) is 0 Å². The Hall–Kier alpha value is -3.08. The fraction of sp³-hybridized carbons (Fsp3) is 0.238. The van der Waals surface area contributed by atoms with Crippen LogP contribution in [0.15, 0.2) is 60.7 Å². The molecule has 0 atom stereocenters. The third kappa shape index (κ3) is 4.30. The molecule has 0 saturated heterocycles. The molecule has 134 valence electrons. The smallest absolute Gasteiger partial charge is 0.138 e. The number of ether oxygens (including phenoxy) is 1. The van der Waals surface area contributed by atoms with Crippen LogP contribution in [0, 0.1) is 6.92 Å². The molecule has 1 aromatic heterocycles. The van der Waals surface area contributed by atoms with E-state index in [4.69, 9.17) is 4.74 Å². The Bertz CT molecular complexity index is 834. The zero-order valence-electron chi connectivity index (χ0n) is 15.4. The predicted molar refractivity (Wildman–Crippen MR) is 107 cm³/mol. The van der Waals surface area contributed by atoms with Gasteiger partial charge in [-0.05, 0) is 57.2 Å². The van der Waals surface area contributed by atoms with Crippen LogP contribution in [0.2, 0.25) is 0 Å². The average Bonchev–Trinajstić information content (AvgIpc) is 2.65. The summed E-state index contributed by atoms with van der Waals surface area (Å²) in [5, 5.41) is 3.35. The van der Waals surface area contributed by atoms with Gasteiger partial charge in [-0.2, -0.15) is 0 Å². The van der Waals surface area contributed by atoms with E-state index in [1.807, 2.05) is 62.4 Å². The summed E-state index contributed by atoms with van der Waals surface area (Å²) in [5.74, 6) is 3.23. The molecule has 5 nitrogen and oxygen atoms in total. The third-order valence-electron chi connectivity index (χ3n) is 3.92. The maximum Gasteiger partial charge on any atom is 0.138 e. The molecule has 0 amide bonds. The van der Waals surface area contributed by atoms with Gasteiger partial charge in [0.25, 0.3) is 0 Å². The molecule has 0 unspecified atom stereocenters. The molecule has 0 fully saturated rings. The lowest BCUT2D eigenvalue weighted by molar-refractivity contribution is 0.340. The average molecular weight is 348 g/mol. The lowest BCUT2D eigenvalue weighted by Crippen LogP contribution is -2.18. The molecule has 0 saturated carbocycles. The zero-order valence-corrected chi connectivity index (χ0v) is 15.4. The summed E-state index contributed by atoms with van der Waals surface area (Å²) < 4.78 is 5.48. The summed E-state index contributed by atoms with van der Waals surface area (Å²) in [7, 11) is 0. The Morgan fingerprint density at radius 3 is 2.35 bits per heavy atom. The fourth-order valence-corrected chi connectivity index (χ4v) is 2.79. The first-order valence-electron chi connectivity index (χ1n) is 8.87. The molecule has 0 aliphatic heterocycles. The van der Waals surface area contributed by atoms with Crippen molar-refractivity contribution in [2.24, 2.45) is 0 Å². The second-order valence-electron chi connectivity index (χ2n) is 5.82. The van der Waals surface area contributed by atoms with Crippen molar-refractivity contribution in [2.75, 3.05) is 23.4 Å². The Balaban J connectivity index is 1.85. The number of nitrogens with zero attached hydrogens (tertiary/aromatic N) is 3. The molecule has 3 rings (SSSR count). The quantitative estimate of drug-likeness (QED) is 0.645. The van der Waals surface area contributed by atoms with Crippen LogP contribution >= 0.6 is 0 Å². The Labute approximate surface area is 154 Å². The van der Waals surface area contributed by atoms with Crippen LogP contribution in [0.5, 0.6) is 5.75 Å². The highest BCUT2D eigenvalue weighted by Gasteiger charge is 2.11. The Morgan fingerprint density at radius 1 is 0.962 bits per heavy atom. The molecule has 3 aromatic rings. The number of para-hydroxylation sites is 1. The monoisotopic (exact) mass is 348 g/mol. The number of benzene rings is 2. The second-order valence-corrected chi connectivity index (χ2v) is 5.82. The van der Waals surface area contributed by atoms with E-state index in [-0.39, 0.29) is 0 Å². The van der Waals surface area contributed by atoms with Crippen LogP contribution in [0.3, 0.4) is 0 Å². The number of nitrogens with one attached hydrogen (secondary N) is 1. The van der Waals surface area contributed by atoms with Crippen molar-refractivity contribution >= 4 is 23.0 Å². The van der Waals surface area contributed by atoms with Crippen molar-refractivity contribution < 1.29 is 4.74 Å². The van der Waals surface area contributed by atoms with Gasteiger partial charge in [-0.25, -0.2) is 9.97 Å². The number of hydrogen-bond acceptors (Lipinski definition) is 5. The number of hydrogen-bond donors (Lipinski definition) is 1. The standard InChI is InChI=1S/C21H24N4O/c1-4-25(18-9-7-6-8-10-18)21-15-20(22-16(3)23-21)24-17-11-13-19(14-12-17)26-5-2/h6-15H,4-5H2,1-3H3,(H,22,23,24). The third-order valence-corrected chi connectivity index (χ3v) is 3.92. The summed E-state index contributed by atoms with van der Waals surface area (Å²) in [4.78, 5) is 11.3. The van der Waals surface area contributed by atoms with Gasteiger partial charge in [0.2, 0.25) is 0 Å². The largest absolute Gasteiger partial charge is 0.494 e. The normalized spacial score (nSPS) is 10.4. The van der Waals surface area contributed by atoms with E-state index in [9.17, 15) is 0 Å². The molecule has 0 bridgehead atoms. The summed E-state index contributed by atoms with van der Waals surface area (Å²) >= 11 is 0. The van der Waals surface area contributed by atoms with Crippen LogP contribution in [0.1, 0.15) is 19.7 Å². The fourth-order valence-electron chi connectivity index (χ4n) is 2.79. The second kappa shape index (κ2) is 8.34. The topological polar surface area (TPSA) is 50.3 Å². The van der Waals surface area contributed by atoms with Crippen LogP contribution in [-0.2, 0) is 0 Å². The van der Waals surface area contributed by atoms with Crippen LogP contribution in [0.4, 0.5) is 23.0 Å². The van der Waals surface area contributed by atoms with Crippen molar-refractivity contribution in [3.63, 3.8) is 0 Å². The van der Waals surface area contributed by atoms with Crippen molar-refractivity contribution in [2.45, 2.75) is 20.8 Å². The van der Waals surface area contributed by atoms with Gasteiger partial charge >= 0.3 is 0 Å². The predicted octanol–water partition coefficient (Wildman–Crippen LogP) is 5.09. The van der Waals surface area contributed by atoms with Crippen molar-refractivity contribution in [1.29, 1.82) is 0 Å². The van der Waals surface area contributed by atoms with Crippen LogP contribution in [0.25, 0.3) is 0 Å². The first-order chi connectivity index (χ1) is 12.7. The molecule has 0 spiro atoms. The van der Waals surface area contributed by atoms with E-state index in [1.54, 1.807) is 0 Å². The molecular formula is C21H24N4O. The van der Waals surface area contributed by atoms with E-state index in [0.29, 0.717) is 6.61 Å². The van der Waals surface area contributed by atoms with Gasteiger partial charge in [-0.1, -0.05) is 18.2 Å². The molecular weight excluding hydrogens is 324 g/mol. The lowest BCUT2D eigenvalue weighted by Gasteiger charge is -2.23. The molecule has 0 aliphatic carbocycles. The molecule has 2 aromatic carbocycles. The zero-order chi connectivity index (χ0) is 18.4. The van der Waals surface area contributed by atoms with Crippen LogP contribution < -0.4 is 15.0 Å². The minimum absolute atomic E-state index is 0.660. The van der Waals surface area contributed by atoms with E-state index >= 15 is 0 Å². The summed E-state index contributed by atoms with van der Waals surface area (Å²) in [6, 6.07) is 20.1. The van der Waals surface area contributed by atoms with Gasteiger partial charge in [0.15, 0.2) is 0 Å². The molecule has 0 aliphatic rings. The highest BCUT2D eigenvalue weighted by molar-refractivity contribution is 5.65. The van der Waals surface area contributed by atoms with Gasteiger partial charge in [-0.3, -0.25) is 0 Å². The molecule has 1 N–H and O–H groups in total. The van der Waals surface area contributed by atoms with Gasteiger partial charge in [0, 0.05) is 24.0 Å². The lowest BCUT2D eigenvalue weighted by atomic mass is 10.2. The highest BCUT2D eigenvalue weighted by Crippen LogP contribution is 2.26. The van der Waals surface area contributed by atoms with Gasteiger partial charge in [0.1, 0.15) is 23.2 Å². The van der Waals surface area contributed by atoms with E-state index in [2.05, 4.69) is 39.2 Å². The van der Waals surface area contributed by atoms with Crippen LogP contribution in [-0.4, -0.2) is 23.1 Å². The van der Waals surface area contributed by atoms with E-state index in [1.165, 1.54) is 0 Å². The minimum atomic E-state index is 0.660. The van der Waals surface area contributed by atoms with E-state index < -0.39 is 0 Å². The number of aromatic nitrogens is 2. The van der Waals surface area contributed by atoms with Gasteiger partial charge < -0.3 is 15.0 Å². The Morgan fingerprint density at radius 2 is 1.69 bits per heavy atom. The minimum Gasteiger partial charge on any atom is -0.494 e. The van der Waals surface area contributed by atoms with Crippen molar-refractivity contribution in [3.8, 4) is 5.75 Å². The van der Waals surface area contributed by atoms with Crippen molar-refractivity contribution in [3.05, 3.63) is 66.5 Å². The summed E-state index contributed by atoms with van der Waals surface area (Å²) in [6.07, 6.45) is 0. The molecule has 0 radical (unpaired) electrons. The van der Waals surface area contributed by atoms with E-state index in [0.717, 1.165) is 41.1 Å². The first-order valence-corrected chi connectivity index (χ1v) is 8.87.